The standard InChI is InChI=1S/C12H15Cl2NS/c13-10-1-2-11(14)9(5-10)6-12(15)8-3-4-16-7-8/h1-2,5,8,12H,3-4,6-7,15H2. The van der Waals surface area contributed by atoms with Gasteiger partial charge in [-0.15, -0.1) is 0 Å². The topological polar surface area (TPSA) is 26.0 Å². The first-order valence-electron chi connectivity index (χ1n) is 5.44. The molecule has 0 aromatic heterocycles. The third-order valence-electron chi connectivity index (χ3n) is 3.03. The van der Waals surface area contributed by atoms with Crippen LogP contribution in [-0.4, -0.2) is 17.5 Å². The Balaban J connectivity index is 2.04. The molecule has 0 spiro atoms. The summed E-state index contributed by atoms with van der Waals surface area (Å²) in [6, 6.07) is 5.77. The first-order valence-corrected chi connectivity index (χ1v) is 7.35. The van der Waals surface area contributed by atoms with Crippen molar-refractivity contribution in [3.05, 3.63) is 33.8 Å². The summed E-state index contributed by atoms with van der Waals surface area (Å²) >= 11 is 14.1. The van der Waals surface area contributed by atoms with Crippen LogP contribution in [0.15, 0.2) is 18.2 Å². The Hall–Kier alpha value is 0.110. The van der Waals surface area contributed by atoms with Crippen LogP contribution in [-0.2, 0) is 6.42 Å². The molecule has 1 saturated heterocycles. The van der Waals surface area contributed by atoms with Crippen molar-refractivity contribution in [3.63, 3.8) is 0 Å². The van der Waals surface area contributed by atoms with E-state index in [2.05, 4.69) is 0 Å². The first kappa shape index (κ1) is 12.6. The van der Waals surface area contributed by atoms with Crippen molar-refractivity contribution in [2.75, 3.05) is 11.5 Å². The Morgan fingerprint density at radius 3 is 2.94 bits per heavy atom. The minimum Gasteiger partial charge on any atom is -0.327 e. The summed E-state index contributed by atoms with van der Waals surface area (Å²) in [4.78, 5) is 0. The molecule has 88 valence electrons. The lowest BCUT2D eigenvalue weighted by Gasteiger charge is -2.18. The molecular weight excluding hydrogens is 261 g/mol. The zero-order chi connectivity index (χ0) is 11.5. The van der Waals surface area contributed by atoms with Crippen molar-refractivity contribution in [3.8, 4) is 0 Å². The molecule has 2 atom stereocenters. The van der Waals surface area contributed by atoms with Gasteiger partial charge in [0.2, 0.25) is 0 Å². The fourth-order valence-electron chi connectivity index (χ4n) is 2.01. The van der Waals surface area contributed by atoms with Crippen molar-refractivity contribution < 1.29 is 0 Å². The van der Waals surface area contributed by atoms with Crippen molar-refractivity contribution in [1.82, 2.24) is 0 Å². The van der Waals surface area contributed by atoms with Crippen LogP contribution in [0.2, 0.25) is 10.0 Å². The molecule has 16 heavy (non-hydrogen) atoms. The third-order valence-corrected chi connectivity index (χ3v) is 4.83. The molecule has 1 aromatic rings. The summed E-state index contributed by atoms with van der Waals surface area (Å²) in [5, 5.41) is 1.50. The highest BCUT2D eigenvalue weighted by Crippen LogP contribution is 2.29. The third kappa shape index (κ3) is 3.07. The Morgan fingerprint density at radius 1 is 1.44 bits per heavy atom. The molecule has 2 N–H and O–H groups in total. The number of hydrogen-bond donors (Lipinski definition) is 1. The highest BCUT2D eigenvalue weighted by molar-refractivity contribution is 7.99. The van der Waals surface area contributed by atoms with Gasteiger partial charge in [0.05, 0.1) is 0 Å². The lowest BCUT2D eigenvalue weighted by Crippen LogP contribution is -2.32. The van der Waals surface area contributed by atoms with Gasteiger partial charge in [-0.25, -0.2) is 0 Å². The molecule has 0 amide bonds. The Morgan fingerprint density at radius 2 is 2.25 bits per heavy atom. The van der Waals surface area contributed by atoms with E-state index >= 15 is 0 Å². The minimum atomic E-state index is 0.200. The molecule has 0 saturated carbocycles. The molecule has 0 aliphatic carbocycles. The zero-order valence-corrected chi connectivity index (χ0v) is 11.3. The smallest absolute Gasteiger partial charge is 0.0439 e. The van der Waals surface area contributed by atoms with Crippen LogP contribution < -0.4 is 5.73 Å². The quantitative estimate of drug-likeness (QED) is 0.912. The average molecular weight is 276 g/mol. The fourth-order valence-corrected chi connectivity index (χ4v) is 3.75. The number of benzene rings is 1. The number of rotatable bonds is 3. The molecule has 1 aliphatic heterocycles. The van der Waals surface area contributed by atoms with Crippen LogP contribution in [0.1, 0.15) is 12.0 Å². The van der Waals surface area contributed by atoms with Gasteiger partial charge in [0.1, 0.15) is 0 Å². The summed E-state index contributed by atoms with van der Waals surface area (Å²) in [6.45, 7) is 0. The lowest BCUT2D eigenvalue weighted by atomic mass is 9.94. The van der Waals surface area contributed by atoms with Crippen LogP contribution in [0.4, 0.5) is 0 Å². The second kappa shape index (κ2) is 5.63. The maximum Gasteiger partial charge on any atom is 0.0439 e. The van der Waals surface area contributed by atoms with Gasteiger partial charge in [-0.3, -0.25) is 0 Å². The number of hydrogen-bond acceptors (Lipinski definition) is 2. The van der Waals surface area contributed by atoms with Crippen molar-refractivity contribution in [2.24, 2.45) is 11.7 Å². The molecule has 2 rings (SSSR count). The van der Waals surface area contributed by atoms with Crippen LogP contribution in [0.25, 0.3) is 0 Å². The van der Waals surface area contributed by atoms with E-state index in [0.717, 1.165) is 22.0 Å². The van der Waals surface area contributed by atoms with Crippen LogP contribution >= 0.6 is 35.0 Å². The Labute approximate surface area is 111 Å². The largest absolute Gasteiger partial charge is 0.327 e. The predicted molar refractivity (Wildman–Crippen MR) is 73.6 cm³/mol. The predicted octanol–water partition coefficient (Wildman–Crippen LogP) is 3.62. The SMILES string of the molecule is NC(Cc1cc(Cl)ccc1Cl)C1CCSC1. The van der Waals surface area contributed by atoms with E-state index < -0.39 is 0 Å². The van der Waals surface area contributed by atoms with E-state index in [1.807, 2.05) is 30.0 Å². The van der Waals surface area contributed by atoms with E-state index in [4.69, 9.17) is 28.9 Å². The van der Waals surface area contributed by atoms with Crippen molar-refractivity contribution >= 4 is 35.0 Å². The Kier molecular flexibility index (Phi) is 4.42. The van der Waals surface area contributed by atoms with Gasteiger partial charge in [-0.2, -0.15) is 11.8 Å². The molecule has 2 unspecified atom stereocenters. The molecule has 0 bridgehead atoms. The van der Waals surface area contributed by atoms with Crippen LogP contribution in [0.5, 0.6) is 0 Å². The van der Waals surface area contributed by atoms with Gasteiger partial charge < -0.3 is 5.73 Å². The molecule has 4 heteroatoms. The molecule has 1 fully saturated rings. The highest BCUT2D eigenvalue weighted by atomic mass is 35.5. The summed E-state index contributed by atoms with van der Waals surface area (Å²) < 4.78 is 0. The summed E-state index contributed by atoms with van der Waals surface area (Å²) in [7, 11) is 0. The molecule has 0 radical (unpaired) electrons. The van der Waals surface area contributed by atoms with Crippen LogP contribution in [0, 0.1) is 5.92 Å². The summed E-state index contributed by atoms with van der Waals surface area (Å²) in [5.41, 5.74) is 7.28. The second-order valence-corrected chi connectivity index (χ2v) is 6.22. The van der Waals surface area contributed by atoms with Crippen LogP contribution in [0.3, 0.4) is 0 Å². The molecule has 1 aromatic carbocycles. The number of halogens is 2. The zero-order valence-electron chi connectivity index (χ0n) is 8.96. The molecule has 1 nitrogen and oxygen atoms in total. The van der Waals surface area contributed by atoms with Gasteiger partial charge in [-0.05, 0) is 54.0 Å². The number of nitrogens with two attached hydrogens (primary N) is 1. The fraction of sp³-hybridized carbons (Fsp3) is 0.500. The number of thioether (sulfide) groups is 1. The van der Waals surface area contributed by atoms with E-state index in [9.17, 15) is 0 Å². The van der Waals surface area contributed by atoms with Gasteiger partial charge in [-0.1, -0.05) is 23.2 Å². The van der Waals surface area contributed by atoms with Gasteiger partial charge in [0.15, 0.2) is 0 Å². The van der Waals surface area contributed by atoms with Gasteiger partial charge >= 0.3 is 0 Å². The van der Waals surface area contributed by atoms with E-state index in [1.54, 1.807) is 0 Å². The second-order valence-electron chi connectivity index (χ2n) is 4.23. The van der Waals surface area contributed by atoms with Gasteiger partial charge in [0.25, 0.3) is 0 Å². The lowest BCUT2D eigenvalue weighted by molar-refractivity contribution is 0.463. The molecular formula is C12H15Cl2NS. The van der Waals surface area contributed by atoms with E-state index in [0.29, 0.717) is 5.92 Å². The minimum absolute atomic E-state index is 0.200. The molecule has 1 aliphatic rings. The maximum atomic E-state index is 6.21. The van der Waals surface area contributed by atoms with Gasteiger partial charge in [0, 0.05) is 16.1 Å². The maximum absolute atomic E-state index is 6.21. The highest BCUT2D eigenvalue weighted by Gasteiger charge is 2.23. The summed E-state index contributed by atoms with van der Waals surface area (Å²) in [5.74, 6) is 3.04. The van der Waals surface area contributed by atoms with E-state index in [1.165, 1.54) is 17.9 Å². The summed E-state index contributed by atoms with van der Waals surface area (Å²) in [6.07, 6.45) is 2.05. The Bertz CT molecular complexity index is 364. The average Bonchev–Trinajstić information content (AvgIpc) is 2.76. The molecule has 1 heterocycles. The first-order chi connectivity index (χ1) is 7.66. The van der Waals surface area contributed by atoms with E-state index in [-0.39, 0.29) is 6.04 Å². The monoisotopic (exact) mass is 275 g/mol. The normalized spacial score (nSPS) is 22.3. The van der Waals surface area contributed by atoms with Crippen molar-refractivity contribution in [1.29, 1.82) is 0 Å². The van der Waals surface area contributed by atoms with Crippen molar-refractivity contribution in [2.45, 2.75) is 18.9 Å².